The number of benzene rings is 2. The first-order chi connectivity index (χ1) is 17.1. The molecular weight excluding hydrogens is 477 g/mol. The number of anilines is 1. The lowest BCUT2D eigenvalue weighted by molar-refractivity contribution is -0.192. The van der Waals surface area contributed by atoms with Crippen molar-refractivity contribution >= 4 is 28.6 Å². The minimum atomic E-state index is -5.08. The summed E-state index contributed by atoms with van der Waals surface area (Å²) in [4.78, 5) is 29.6. The Hall–Kier alpha value is -3.60. The van der Waals surface area contributed by atoms with E-state index in [1.54, 1.807) is 7.11 Å². The number of amides is 1. The molecule has 1 saturated carbocycles. The molecule has 8 nitrogen and oxygen atoms in total. The number of carboxylic acids is 1. The highest BCUT2D eigenvalue weighted by Crippen LogP contribution is 2.41. The Morgan fingerprint density at radius 3 is 2.44 bits per heavy atom. The highest BCUT2D eigenvalue weighted by atomic mass is 19.4. The molecular formula is C25H27F3N4O4. The van der Waals surface area contributed by atoms with Gasteiger partial charge in [0.15, 0.2) is 0 Å². The van der Waals surface area contributed by atoms with Gasteiger partial charge in [-0.15, -0.1) is 0 Å². The molecule has 2 fully saturated rings. The van der Waals surface area contributed by atoms with Crippen molar-refractivity contribution < 1.29 is 32.6 Å². The maximum atomic E-state index is 12.7. The van der Waals surface area contributed by atoms with Crippen molar-refractivity contribution in [2.75, 3.05) is 19.0 Å². The third kappa shape index (κ3) is 5.96. The van der Waals surface area contributed by atoms with E-state index in [4.69, 9.17) is 14.6 Å². The molecule has 2 aromatic carbocycles. The normalized spacial score (nSPS) is 18.3. The summed E-state index contributed by atoms with van der Waals surface area (Å²) in [5, 5.41) is 13.8. The second-order valence-corrected chi connectivity index (χ2v) is 9.15. The van der Waals surface area contributed by atoms with Crippen molar-refractivity contribution in [1.29, 1.82) is 0 Å². The van der Waals surface area contributed by atoms with Crippen LogP contribution in [-0.2, 0) is 16.0 Å². The summed E-state index contributed by atoms with van der Waals surface area (Å²) < 4.78 is 36.9. The molecule has 11 heteroatoms. The first kappa shape index (κ1) is 25.5. The van der Waals surface area contributed by atoms with Gasteiger partial charge < -0.3 is 25.5 Å². The average molecular weight is 505 g/mol. The van der Waals surface area contributed by atoms with Gasteiger partial charge in [0.25, 0.3) is 0 Å². The third-order valence-corrected chi connectivity index (χ3v) is 6.61. The number of aromatic amines is 1. The van der Waals surface area contributed by atoms with Gasteiger partial charge in [0.2, 0.25) is 5.91 Å². The molecule has 1 aliphatic heterocycles. The lowest BCUT2D eigenvalue weighted by atomic mass is 9.74. The SMILES string of the molecule is COc1ccc(Cc2nc3ccc(NC(=O)C4CNC5(CCC5)C4)cc3[nH]2)cc1.O=C(O)C(F)(F)F. The third-order valence-electron chi connectivity index (χ3n) is 6.61. The lowest BCUT2D eigenvalue weighted by Crippen LogP contribution is -2.45. The van der Waals surface area contributed by atoms with E-state index in [1.807, 2.05) is 42.5 Å². The standard InChI is InChI=1S/C23H26N4O2.C2HF3O2/c1-29-18-6-3-15(4-7-18)11-21-26-19-8-5-17(12-20(19)27-21)25-22(28)16-13-23(24-14-16)9-2-10-23;3-2(4,5)1(6)7/h3-8,12,16,24H,2,9-11,13-14H2,1H3,(H,25,28)(H,26,27);(H,6,7). The van der Waals surface area contributed by atoms with E-state index in [-0.39, 0.29) is 17.4 Å². The van der Waals surface area contributed by atoms with E-state index in [1.165, 1.54) is 19.3 Å². The first-order valence-electron chi connectivity index (χ1n) is 11.5. The molecule has 5 rings (SSSR count). The van der Waals surface area contributed by atoms with Crippen LogP contribution in [0.2, 0.25) is 0 Å². The van der Waals surface area contributed by atoms with Gasteiger partial charge in [-0.25, -0.2) is 9.78 Å². The quantitative estimate of drug-likeness (QED) is 0.413. The van der Waals surface area contributed by atoms with Crippen LogP contribution in [0.3, 0.4) is 0 Å². The maximum absolute atomic E-state index is 12.7. The molecule has 1 aromatic heterocycles. The molecule has 0 bridgehead atoms. The van der Waals surface area contributed by atoms with Crippen LogP contribution in [0.25, 0.3) is 11.0 Å². The molecule has 1 saturated heterocycles. The molecule has 1 atom stereocenters. The van der Waals surface area contributed by atoms with Crippen LogP contribution in [0.4, 0.5) is 18.9 Å². The predicted molar refractivity (Wildman–Crippen MR) is 127 cm³/mol. The second-order valence-electron chi connectivity index (χ2n) is 9.15. The number of nitrogens with zero attached hydrogens (tertiary/aromatic N) is 1. The fraction of sp³-hybridized carbons (Fsp3) is 0.400. The van der Waals surface area contributed by atoms with Gasteiger partial charge in [0, 0.05) is 24.2 Å². The number of aliphatic carboxylic acids is 1. The van der Waals surface area contributed by atoms with E-state index >= 15 is 0 Å². The second kappa shape index (κ2) is 10.2. The van der Waals surface area contributed by atoms with Crippen molar-refractivity contribution in [3.05, 3.63) is 53.9 Å². The molecule has 36 heavy (non-hydrogen) atoms. The number of fused-ring (bicyclic) bond motifs is 1. The molecule has 1 spiro atoms. The molecule has 0 radical (unpaired) electrons. The molecule has 1 amide bonds. The maximum Gasteiger partial charge on any atom is 0.490 e. The molecule has 1 aliphatic carbocycles. The summed E-state index contributed by atoms with van der Waals surface area (Å²) in [5.41, 5.74) is 4.06. The van der Waals surface area contributed by atoms with E-state index in [9.17, 15) is 18.0 Å². The van der Waals surface area contributed by atoms with E-state index in [0.29, 0.717) is 0 Å². The van der Waals surface area contributed by atoms with Gasteiger partial charge >= 0.3 is 12.1 Å². The number of aromatic nitrogens is 2. The number of alkyl halides is 3. The molecule has 4 N–H and O–H groups in total. The number of H-pyrrole nitrogens is 1. The van der Waals surface area contributed by atoms with Crippen molar-refractivity contribution in [1.82, 2.24) is 15.3 Å². The number of carbonyl (C=O) groups excluding carboxylic acids is 1. The highest BCUT2D eigenvalue weighted by molar-refractivity contribution is 5.95. The minimum absolute atomic E-state index is 0.0541. The monoisotopic (exact) mass is 504 g/mol. The van der Waals surface area contributed by atoms with Gasteiger partial charge in [-0.05, 0) is 61.6 Å². The fourth-order valence-electron chi connectivity index (χ4n) is 4.53. The average Bonchev–Trinajstić information content (AvgIpc) is 3.44. The molecule has 2 heterocycles. The Morgan fingerprint density at radius 1 is 1.19 bits per heavy atom. The Morgan fingerprint density at radius 2 is 1.89 bits per heavy atom. The Balaban J connectivity index is 0.000000384. The molecule has 3 aromatic rings. The Labute approximate surface area is 205 Å². The Kier molecular flexibility index (Phi) is 7.21. The number of rotatable bonds is 5. The van der Waals surface area contributed by atoms with Crippen molar-refractivity contribution in [3.63, 3.8) is 0 Å². The summed E-state index contributed by atoms with van der Waals surface area (Å²) in [6.45, 7) is 0.782. The summed E-state index contributed by atoms with van der Waals surface area (Å²) in [5.74, 6) is -0.843. The number of carboxylic acid groups (broad SMARTS) is 1. The van der Waals surface area contributed by atoms with Crippen molar-refractivity contribution in [2.45, 2.75) is 43.8 Å². The van der Waals surface area contributed by atoms with Crippen LogP contribution in [0, 0.1) is 5.92 Å². The van der Waals surface area contributed by atoms with Gasteiger partial charge in [-0.2, -0.15) is 13.2 Å². The van der Waals surface area contributed by atoms with E-state index < -0.39 is 12.1 Å². The van der Waals surface area contributed by atoms with E-state index in [0.717, 1.165) is 53.2 Å². The highest BCUT2D eigenvalue weighted by Gasteiger charge is 2.45. The number of hydrogen-bond donors (Lipinski definition) is 4. The Bertz CT molecular complexity index is 1240. The van der Waals surface area contributed by atoms with Gasteiger partial charge in [-0.3, -0.25) is 4.79 Å². The largest absolute Gasteiger partial charge is 0.497 e. The number of imidazole rings is 1. The van der Waals surface area contributed by atoms with Crippen LogP contribution < -0.4 is 15.4 Å². The summed E-state index contributed by atoms with van der Waals surface area (Å²) in [7, 11) is 1.67. The van der Waals surface area contributed by atoms with Crippen molar-refractivity contribution in [2.24, 2.45) is 5.92 Å². The zero-order chi connectivity index (χ0) is 25.9. The predicted octanol–water partition coefficient (Wildman–Crippen LogP) is 4.27. The molecule has 1 unspecified atom stereocenters. The minimum Gasteiger partial charge on any atom is -0.497 e. The first-order valence-corrected chi connectivity index (χ1v) is 11.5. The van der Waals surface area contributed by atoms with E-state index in [2.05, 4.69) is 20.6 Å². The van der Waals surface area contributed by atoms with Gasteiger partial charge in [-0.1, -0.05) is 12.1 Å². The summed E-state index contributed by atoms with van der Waals surface area (Å²) >= 11 is 0. The number of carbonyl (C=O) groups is 2. The molecule has 2 aliphatic rings. The smallest absolute Gasteiger partial charge is 0.490 e. The molecule has 192 valence electrons. The number of hydrogen-bond acceptors (Lipinski definition) is 5. The zero-order valence-corrected chi connectivity index (χ0v) is 19.6. The van der Waals surface area contributed by atoms with Crippen LogP contribution in [0.15, 0.2) is 42.5 Å². The van der Waals surface area contributed by atoms with Crippen LogP contribution in [0.1, 0.15) is 37.1 Å². The van der Waals surface area contributed by atoms with Crippen LogP contribution >= 0.6 is 0 Å². The van der Waals surface area contributed by atoms with Gasteiger partial charge in [0.1, 0.15) is 11.6 Å². The van der Waals surface area contributed by atoms with Crippen molar-refractivity contribution in [3.8, 4) is 5.75 Å². The zero-order valence-electron chi connectivity index (χ0n) is 19.6. The van der Waals surface area contributed by atoms with Crippen LogP contribution in [0.5, 0.6) is 5.75 Å². The number of ether oxygens (including phenoxy) is 1. The summed E-state index contributed by atoms with van der Waals surface area (Å²) in [6, 6.07) is 13.9. The van der Waals surface area contributed by atoms with Gasteiger partial charge in [0.05, 0.1) is 24.1 Å². The summed E-state index contributed by atoms with van der Waals surface area (Å²) in [6.07, 6.45) is 0.270. The number of methoxy groups -OCH3 is 1. The topological polar surface area (TPSA) is 116 Å². The van der Waals surface area contributed by atoms with Crippen LogP contribution in [-0.4, -0.2) is 52.3 Å². The number of nitrogens with one attached hydrogen (secondary N) is 3. The lowest BCUT2D eigenvalue weighted by Gasteiger charge is -2.38. The number of halogens is 3. The fourth-order valence-corrected chi connectivity index (χ4v) is 4.53.